The van der Waals surface area contributed by atoms with Crippen LogP contribution in [0.2, 0.25) is 0 Å². The first-order chi connectivity index (χ1) is 11.0. The average molecular weight is 336 g/mol. The van der Waals surface area contributed by atoms with Crippen LogP contribution in [-0.2, 0) is 14.6 Å². The van der Waals surface area contributed by atoms with Crippen LogP contribution in [0.3, 0.4) is 0 Å². The fourth-order valence-electron chi connectivity index (χ4n) is 2.50. The van der Waals surface area contributed by atoms with E-state index in [1.807, 2.05) is 36.2 Å². The van der Waals surface area contributed by atoms with Gasteiger partial charge in [-0.25, -0.2) is 4.18 Å². The number of nitrogens with zero attached hydrogens (tertiary/aromatic N) is 1. The van der Waals surface area contributed by atoms with Gasteiger partial charge in [0, 0.05) is 7.05 Å². The minimum atomic E-state index is -4.13. The van der Waals surface area contributed by atoms with Crippen LogP contribution in [0.15, 0.2) is 36.4 Å². The zero-order valence-corrected chi connectivity index (χ0v) is 13.7. The van der Waals surface area contributed by atoms with Gasteiger partial charge < -0.3 is 19.1 Å². The van der Waals surface area contributed by atoms with Gasteiger partial charge in [0.2, 0.25) is 0 Å². The highest BCUT2D eigenvalue weighted by Gasteiger charge is 2.26. The molecule has 0 bridgehead atoms. The second-order valence-electron chi connectivity index (χ2n) is 4.85. The molecule has 0 fully saturated rings. The van der Waals surface area contributed by atoms with Crippen molar-refractivity contribution < 1.29 is 21.5 Å². The second kappa shape index (κ2) is 5.64. The van der Waals surface area contributed by atoms with E-state index in [1.165, 1.54) is 13.2 Å². The van der Waals surface area contributed by atoms with Gasteiger partial charge >= 0.3 is 10.4 Å². The van der Waals surface area contributed by atoms with E-state index in [4.69, 9.17) is 8.92 Å². The summed E-state index contributed by atoms with van der Waals surface area (Å²) in [6.45, 7) is 0. The van der Waals surface area contributed by atoms with Gasteiger partial charge in [-0.05, 0) is 24.3 Å². The van der Waals surface area contributed by atoms with Crippen molar-refractivity contribution in [1.29, 1.82) is 0 Å². The lowest BCUT2D eigenvalue weighted by molar-refractivity contribution is 0.321. The molecular formula is C15H16N2O5S. The van der Waals surface area contributed by atoms with E-state index in [0.717, 1.165) is 24.2 Å². The maximum atomic E-state index is 11.5. The van der Waals surface area contributed by atoms with Gasteiger partial charge in [0.05, 0.1) is 31.3 Å². The Bertz CT molecular complexity index is 851. The first-order valence-electron chi connectivity index (χ1n) is 6.77. The molecular weight excluding hydrogens is 320 g/mol. The molecule has 0 amide bonds. The van der Waals surface area contributed by atoms with E-state index in [2.05, 4.69) is 9.50 Å². The van der Waals surface area contributed by atoms with Gasteiger partial charge in [-0.3, -0.25) is 0 Å². The SMILES string of the molecule is COc1c(OS(=O)(=O)OC)ccc2c1Nc1ccccc1N2C. The van der Waals surface area contributed by atoms with Gasteiger partial charge in [0.25, 0.3) is 0 Å². The Kier molecular flexibility index (Phi) is 3.78. The van der Waals surface area contributed by atoms with Gasteiger partial charge in [-0.1, -0.05) is 12.1 Å². The number of para-hydroxylation sites is 2. The van der Waals surface area contributed by atoms with Crippen molar-refractivity contribution in [3.63, 3.8) is 0 Å². The number of benzene rings is 2. The monoisotopic (exact) mass is 336 g/mol. The van der Waals surface area contributed by atoms with Crippen molar-refractivity contribution in [2.45, 2.75) is 0 Å². The molecule has 0 unspecified atom stereocenters. The fraction of sp³-hybridized carbons (Fsp3) is 0.200. The van der Waals surface area contributed by atoms with Gasteiger partial charge in [0.1, 0.15) is 5.69 Å². The number of ether oxygens (including phenoxy) is 1. The molecule has 1 aliphatic rings. The molecule has 0 saturated heterocycles. The molecule has 0 radical (unpaired) electrons. The summed E-state index contributed by atoms with van der Waals surface area (Å²) in [4.78, 5) is 1.98. The molecule has 3 rings (SSSR count). The number of nitrogens with one attached hydrogen (secondary N) is 1. The molecule has 1 heterocycles. The molecule has 122 valence electrons. The quantitative estimate of drug-likeness (QED) is 0.920. The Hall–Kier alpha value is -2.45. The Morgan fingerprint density at radius 1 is 1.04 bits per heavy atom. The summed E-state index contributed by atoms with van der Waals surface area (Å²) in [7, 11) is 0.273. The lowest BCUT2D eigenvalue weighted by atomic mass is 10.1. The van der Waals surface area contributed by atoms with Crippen molar-refractivity contribution >= 4 is 33.1 Å². The first kappa shape index (κ1) is 15.4. The molecule has 1 N–H and O–H groups in total. The summed E-state index contributed by atoms with van der Waals surface area (Å²) in [6, 6.07) is 11.0. The first-order valence-corrected chi connectivity index (χ1v) is 8.11. The molecule has 0 spiro atoms. The second-order valence-corrected chi connectivity index (χ2v) is 6.17. The van der Waals surface area contributed by atoms with Crippen LogP contribution in [0.25, 0.3) is 0 Å². The van der Waals surface area contributed by atoms with Gasteiger partial charge in [-0.2, -0.15) is 8.42 Å². The third-order valence-electron chi connectivity index (χ3n) is 3.59. The van der Waals surface area contributed by atoms with E-state index >= 15 is 0 Å². The summed E-state index contributed by atoms with van der Waals surface area (Å²) in [5.74, 6) is 0.331. The molecule has 7 nitrogen and oxygen atoms in total. The highest BCUT2D eigenvalue weighted by molar-refractivity contribution is 7.82. The van der Waals surface area contributed by atoms with Crippen LogP contribution in [0.1, 0.15) is 0 Å². The molecule has 0 saturated carbocycles. The van der Waals surface area contributed by atoms with Crippen LogP contribution >= 0.6 is 0 Å². The number of methoxy groups -OCH3 is 1. The molecule has 0 atom stereocenters. The number of hydrogen-bond donors (Lipinski definition) is 1. The Balaban J connectivity index is 2.11. The maximum Gasteiger partial charge on any atom is 0.448 e. The Morgan fingerprint density at radius 2 is 1.78 bits per heavy atom. The minimum absolute atomic E-state index is 0.0494. The minimum Gasteiger partial charge on any atom is -0.491 e. The molecule has 23 heavy (non-hydrogen) atoms. The van der Waals surface area contributed by atoms with Crippen LogP contribution < -0.4 is 19.1 Å². The number of rotatable bonds is 4. The summed E-state index contributed by atoms with van der Waals surface area (Å²) in [6.07, 6.45) is 0. The van der Waals surface area contributed by atoms with Crippen LogP contribution in [0.4, 0.5) is 22.7 Å². The predicted molar refractivity (Wildman–Crippen MR) is 87.3 cm³/mol. The molecule has 1 aliphatic heterocycles. The van der Waals surface area contributed by atoms with Crippen molar-refractivity contribution in [3.8, 4) is 11.5 Å². The average Bonchev–Trinajstić information content (AvgIpc) is 2.54. The lowest BCUT2D eigenvalue weighted by Gasteiger charge is -2.32. The van der Waals surface area contributed by atoms with E-state index in [1.54, 1.807) is 6.07 Å². The highest BCUT2D eigenvalue weighted by atomic mass is 32.3. The summed E-state index contributed by atoms with van der Waals surface area (Å²) in [5, 5.41) is 3.25. The van der Waals surface area contributed by atoms with Crippen LogP contribution in [0.5, 0.6) is 11.5 Å². The van der Waals surface area contributed by atoms with Gasteiger partial charge in [0.15, 0.2) is 11.5 Å². The Morgan fingerprint density at radius 3 is 2.48 bits per heavy atom. The van der Waals surface area contributed by atoms with Crippen molar-refractivity contribution in [2.75, 3.05) is 31.5 Å². The third-order valence-corrected chi connectivity index (χ3v) is 4.38. The highest BCUT2D eigenvalue weighted by Crippen LogP contribution is 2.50. The predicted octanol–water partition coefficient (Wildman–Crippen LogP) is 2.79. The topological polar surface area (TPSA) is 77.1 Å². The zero-order valence-electron chi connectivity index (χ0n) is 12.9. The molecule has 2 aromatic rings. The van der Waals surface area contributed by atoms with Crippen molar-refractivity contribution in [3.05, 3.63) is 36.4 Å². The summed E-state index contributed by atoms with van der Waals surface area (Å²) in [5.41, 5.74) is 3.34. The van der Waals surface area contributed by atoms with E-state index < -0.39 is 10.4 Å². The largest absolute Gasteiger partial charge is 0.491 e. The lowest BCUT2D eigenvalue weighted by Crippen LogP contribution is -2.19. The van der Waals surface area contributed by atoms with Crippen molar-refractivity contribution in [1.82, 2.24) is 0 Å². The summed E-state index contributed by atoms with van der Waals surface area (Å²) < 4.78 is 37.7. The van der Waals surface area contributed by atoms with Crippen LogP contribution in [-0.4, -0.2) is 29.7 Å². The maximum absolute atomic E-state index is 11.5. The number of anilines is 4. The molecule has 2 aromatic carbocycles. The van der Waals surface area contributed by atoms with Gasteiger partial charge in [-0.15, -0.1) is 0 Å². The van der Waals surface area contributed by atoms with E-state index in [-0.39, 0.29) is 11.5 Å². The fourth-order valence-corrected chi connectivity index (χ4v) is 2.92. The van der Waals surface area contributed by atoms with E-state index in [9.17, 15) is 8.42 Å². The smallest absolute Gasteiger partial charge is 0.448 e. The third kappa shape index (κ3) is 2.66. The summed E-state index contributed by atoms with van der Waals surface area (Å²) >= 11 is 0. The van der Waals surface area contributed by atoms with Crippen LogP contribution in [0, 0.1) is 0 Å². The van der Waals surface area contributed by atoms with Crippen molar-refractivity contribution in [2.24, 2.45) is 0 Å². The standard InChI is InChI=1S/C15H16N2O5S/c1-17-11-7-5-4-6-10(11)16-14-12(17)8-9-13(15(14)20-2)22-23(18,19)21-3/h4-9,16H,1-3H3. The van der Waals surface area contributed by atoms with E-state index in [0.29, 0.717) is 5.69 Å². The molecule has 0 aromatic heterocycles. The molecule has 0 aliphatic carbocycles. The number of fused-ring (bicyclic) bond motifs is 2. The molecule has 8 heteroatoms. The normalized spacial score (nSPS) is 12.9. The Labute approximate surface area is 134 Å². The number of hydrogen-bond acceptors (Lipinski definition) is 7. The zero-order chi connectivity index (χ0) is 16.6.